The zero-order chi connectivity index (χ0) is 13.4. The average Bonchev–Trinajstić information content (AvgIpc) is 2.35. The molecule has 0 aliphatic carbocycles. The molecule has 102 valence electrons. The van der Waals surface area contributed by atoms with Crippen molar-refractivity contribution >= 4 is 0 Å². The van der Waals surface area contributed by atoms with Crippen LogP contribution in [-0.4, -0.2) is 30.3 Å². The third-order valence-corrected chi connectivity index (χ3v) is 2.46. The Balaban J connectivity index is 2.58. The van der Waals surface area contributed by atoms with Gasteiger partial charge in [0, 0.05) is 31.0 Å². The van der Waals surface area contributed by atoms with E-state index in [0.717, 1.165) is 17.9 Å². The highest BCUT2D eigenvalue weighted by atomic mass is 16.5. The summed E-state index contributed by atoms with van der Waals surface area (Å²) in [7, 11) is 0. The Hall–Kier alpha value is -1.13. The highest BCUT2D eigenvalue weighted by Crippen LogP contribution is 2.18. The fourth-order valence-corrected chi connectivity index (χ4v) is 1.51. The Morgan fingerprint density at radius 1 is 1.33 bits per heavy atom. The van der Waals surface area contributed by atoms with Crippen molar-refractivity contribution in [3.63, 3.8) is 0 Å². The largest absolute Gasteiger partial charge is 0.486 e. The molecule has 1 rings (SSSR count). The Bertz CT molecular complexity index is 342. The topological polar surface area (TPSA) is 43.4 Å². The van der Waals surface area contributed by atoms with E-state index in [-0.39, 0.29) is 6.10 Å². The molecule has 0 amide bonds. The van der Waals surface area contributed by atoms with E-state index < -0.39 is 0 Å². The maximum absolute atomic E-state index is 5.85. The summed E-state index contributed by atoms with van der Waals surface area (Å²) >= 11 is 0. The molecule has 4 heteroatoms. The van der Waals surface area contributed by atoms with E-state index in [9.17, 15) is 0 Å². The first-order valence-corrected chi connectivity index (χ1v) is 6.54. The smallest absolute Gasteiger partial charge is 0.142 e. The van der Waals surface area contributed by atoms with E-state index >= 15 is 0 Å². The molecule has 1 atom stereocenters. The Kier molecular flexibility index (Phi) is 6.68. The summed E-state index contributed by atoms with van der Waals surface area (Å²) in [6, 6.07) is 2.44. The van der Waals surface area contributed by atoms with Crippen molar-refractivity contribution < 1.29 is 9.47 Å². The van der Waals surface area contributed by atoms with Gasteiger partial charge in [-0.1, -0.05) is 13.8 Å². The van der Waals surface area contributed by atoms with Crippen LogP contribution in [0.3, 0.4) is 0 Å². The van der Waals surface area contributed by atoms with E-state index in [1.54, 1.807) is 12.4 Å². The van der Waals surface area contributed by atoms with E-state index in [1.807, 2.05) is 19.9 Å². The van der Waals surface area contributed by atoms with Crippen LogP contribution in [0.2, 0.25) is 0 Å². The summed E-state index contributed by atoms with van der Waals surface area (Å²) in [5, 5.41) is 3.38. The van der Waals surface area contributed by atoms with Gasteiger partial charge in [-0.25, -0.2) is 0 Å². The molecule has 0 fully saturated rings. The second-order valence-corrected chi connectivity index (χ2v) is 4.61. The number of nitrogens with one attached hydrogen (secondary N) is 1. The average molecular weight is 252 g/mol. The molecular formula is C14H24N2O2. The van der Waals surface area contributed by atoms with Gasteiger partial charge in [-0.2, -0.15) is 0 Å². The van der Waals surface area contributed by atoms with Crippen LogP contribution in [0.5, 0.6) is 5.75 Å². The molecule has 1 unspecified atom stereocenters. The molecule has 1 aromatic heterocycles. The van der Waals surface area contributed by atoms with Gasteiger partial charge in [-0.05, 0) is 19.9 Å². The van der Waals surface area contributed by atoms with Gasteiger partial charge in [0.15, 0.2) is 0 Å². The number of aromatic nitrogens is 1. The molecular weight excluding hydrogens is 228 g/mol. The first-order valence-electron chi connectivity index (χ1n) is 6.54. The number of pyridine rings is 1. The SMILES string of the molecule is CCOCC(C)Oc1cnccc1CNC(C)C. The number of ether oxygens (including phenoxy) is 2. The number of rotatable bonds is 8. The van der Waals surface area contributed by atoms with Gasteiger partial charge in [-0.15, -0.1) is 0 Å². The van der Waals surface area contributed by atoms with E-state index in [2.05, 4.69) is 24.1 Å². The van der Waals surface area contributed by atoms with Crippen molar-refractivity contribution in [3.05, 3.63) is 24.0 Å². The highest BCUT2D eigenvalue weighted by molar-refractivity contribution is 5.29. The minimum atomic E-state index is 0.0342. The number of hydrogen-bond acceptors (Lipinski definition) is 4. The van der Waals surface area contributed by atoms with Gasteiger partial charge >= 0.3 is 0 Å². The molecule has 0 bridgehead atoms. The predicted octanol–water partition coefficient (Wildman–Crippen LogP) is 2.38. The third kappa shape index (κ3) is 5.47. The van der Waals surface area contributed by atoms with Crippen LogP contribution in [0, 0.1) is 0 Å². The van der Waals surface area contributed by atoms with Crippen molar-refractivity contribution in [3.8, 4) is 5.75 Å². The van der Waals surface area contributed by atoms with E-state index in [0.29, 0.717) is 19.3 Å². The monoisotopic (exact) mass is 252 g/mol. The fraction of sp³-hybridized carbons (Fsp3) is 0.643. The first-order chi connectivity index (χ1) is 8.63. The second-order valence-electron chi connectivity index (χ2n) is 4.61. The van der Waals surface area contributed by atoms with Crippen molar-refractivity contribution in [2.75, 3.05) is 13.2 Å². The molecule has 1 aromatic rings. The molecule has 0 radical (unpaired) electrons. The minimum absolute atomic E-state index is 0.0342. The molecule has 0 spiro atoms. The van der Waals surface area contributed by atoms with Crippen LogP contribution in [-0.2, 0) is 11.3 Å². The molecule has 0 saturated heterocycles. The van der Waals surface area contributed by atoms with Crippen LogP contribution < -0.4 is 10.1 Å². The Morgan fingerprint density at radius 3 is 2.78 bits per heavy atom. The maximum atomic E-state index is 5.85. The lowest BCUT2D eigenvalue weighted by atomic mass is 10.2. The molecule has 0 saturated carbocycles. The second kappa shape index (κ2) is 8.06. The van der Waals surface area contributed by atoms with Crippen molar-refractivity contribution in [1.29, 1.82) is 0 Å². The number of nitrogens with zero attached hydrogens (tertiary/aromatic N) is 1. The summed E-state index contributed by atoms with van der Waals surface area (Å²) in [6.45, 7) is 10.3. The van der Waals surface area contributed by atoms with Gasteiger partial charge in [-0.3, -0.25) is 4.98 Å². The normalized spacial score (nSPS) is 12.7. The van der Waals surface area contributed by atoms with Crippen LogP contribution in [0.1, 0.15) is 33.3 Å². The van der Waals surface area contributed by atoms with Gasteiger partial charge < -0.3 is 14.8 Å². The van der Waals surface area contributed by atoms with Gasteiger partial charge in [0.2, 0.25) is 0 Å². The highest BCUT2D eigenvalue weighted by Gasteiger charge is 2.09. The third-order valence-electron chi connectivity index (χ3n) is 2.46. The van der Waals surface area contributed by atoms with Crippen LogP contribution in [0.25, 0.3) is 0 Å². The van der Waals surface area contributed by atoms with Crippen LogP contribution in [0.4, 0.5) is 0 Å². The van der Waals surface area contributed by atoms with Gasteiger partial charge in [0.1, 0.15) is 11.9 Å². The lowest BCUT2D eigenvalue weighted by molar-refractivity contribution is 0.0649. The molecule has 1 heterocycles. The number of hydrogen-bond donors (Lipinski definition) is 1. The maximum Gasteiger partial charge on any atom is 0.142 e. The van der Waals surface area contributed by atoms with Crippen molar-refractivity contribution in [1.82, 2.24) is 10.3 Å². The summed E-state index contributed by atoms with van der Waals surface area (Å²) in [5.74, 6) is 0.831. The van der Waals surface area contributed by atoms with E-state index in [1.165, 1.54) is 0 Å². The Labute approximate surface area is 110 Å². The zero-order valence-electron chi connectivity index (χ0n) is 11.8. The predicted molar refractivity (Wildman–Crippen MR) is 72.8 cm³/mol. The summed E-state index contributed by atoms with van der Waals surface area (Å²) in [5.41, 5.74) is 1.13. The molecule has 0 aliphatic heterocycles. The minimum Gasteiger partial charge on any atom is -0.486 e. The molecule has 4 nitrogen and oxygen atoms in total. The lowest BCUT2D eigenvalue weighted by Gasteiger charge is -2.17. The first kappa shape index (κ1) is 14.9. The van der Waals surface area contributed by atoms with Crippen molar-refractivity contribution in [2.45, 2.75) is 46.4 Å². The van der Waals surface area contributed by atoms with Gasteiger partial charge in [0.05, 0.1) is 12.8 Å². The van der Waals surface area contributed by atoms with Crippen LogP contribution >= 0.6 is 0 Å². The van der Waals surface area contributed by atoms with Crippen LogP contribution in [0.15, 0.2) is 18.5 Å². The molecule has 1 N–H and O–H groups in total. The molecule has 18 heavy (non-hydrogen) atoms. The summed E-state index contributed by atoms with van der Waals surface area (Å²) < 4.78 is 11.2. The zero-order valence-corrected chi connectivity index (χ0v) is 11.8. The summed E-state index contributed by atoms with van der Waals surface area (Å²) in [6.07, 6.45) is 3.59. The van der Waals surface area contributed by atoms with E-state index in [4.69, 9.17) is 9.47 Å². The quantitative estimate of drug-likeness (QED) is 0.771. The molecule has 0 aliphatic rings. The molecule has 0 aromatic carbocycles. The standard InChI is InChI=1S/C14H24N2O2/c1-5-17-10-12(4)18-14-9-15-7-6-13(14)8-16-11(2)3/h6-7,9,11-12,16H,5,8,10H2,1-4H3. The lowest BCUT2D eigenvalue weighted by Crippen LogP contribution is -2.24. The Morgan fingerprint density at radius 2 is 2.11 bits per heavy atom. The van der Waals surface area contributed by atoms with Crippen molar-refractivity contribution in [2.24, 2.45) is 0 Å². The van der Waals surface area contributed by atoms with Gasteiger partial charge in [0.25, 0.3) is 0 Å². The summed E-state index contributed by atoms with van der Waals surface area (Å²) in [4.78, 5) is 4.11. The fourth-order valence-electron chi connectivity index (χ4n) is 1.51.